The molecule has 3 rings (SSSR count). The van der Waals surface area contributed by atoms with Crippen molar-refractivity contribution in [1.29, 1.82) is 0 Å². The van der Waals surface area contributed by atoms with E-state index >= 15 is 0 Å². The Morgan fingerprint density at radius 1 is 1.24 bits per heavy atom. The molecule has 3 atom stereocenters. The molecule has 0 bridgehead atoms. The summed E-state index contributed by atoms with van der Waals surface area (Å²) < 4.78 is 1.69. The lowest BCUT2D eigenvalue weighted by Gasteiger charge is -2.34. The molecule has 0 spiro atoms. The van der Waals surface area contributed by atoms with Crippen LogP contribution in [0.15, 0.2) is 24.5 Å². The highest BCUT2D eigenvalue weighted by molar-refractivity contribution is 5.57. The normalized spacial score (nSPS) is 25.8. The third-order valence-electron chi connectivity index (χ3n) is 4.61. The van der Waals surface area contributed by atoms with Crippen molar-refractivity contribution in [3.8, 4) is 5.69 Å². The Hall–Kier alpha value is -1.91. The first kappa shape index (κ1) is 14.0. The van der Waals surface area contributed by atoms with E-state index in [9.17, 15) is 0 Å². The Morgan fingerprint density at radius 2 is 2.10 bits per heavy atom. The minimum absolute atomic E-state index is 0.559. The predicted octanol–water partition coefficient (Wildman–Crippen LogP) is 3.21. The zero-order chi connectivity index (χ0) is 14.8. The Morgan fingerprint density at radius 3 is 2.81 bits per heavy atom. The summed E-state index contributed by atoms with van der Waals surface area (Å²) in [7, 11) is 0. The molecule has 1 heterocycles. The lowest BCUT2D eigenvalue weighted by molar-refractivity contribution is 0.276. The van der Waals surface area contributed by atoms with Crippen molar-refractivity contribution in [2.75, 3.05) is 5.32 Å². The van der Waals surface area contributed by atoms with Gasteiger partial charge in [0.05, 0.1) is 5.69 Å². The number of aromatic nitrogens is 4. The minimum Gasteiger partial charge on any atom is -0.382 e. The van der Waals surface area contributed by atoms with Gasteiger partial charge in [0.1, 0.15) is 6.33 Å². The molecular formula is C16H23N5. The van der Waals surface area contributed by atoms with E-state index in [1.807, 2.05) is 6.07 Å². The van der Waals surface area contributed by atoms with Crippen molar-refractivity contribution in [2.45, 2.75) is 46.1 Å². The Bertz CT molecular complexity index is 593. The number of tetrazole rings is 1. The molecule has 1 aromatic heterocycles. The lowest BCUT2D eigenvalue weighted by Crippen LogP contribution is -2.33. The van der Waals surface area contributed by atoms with Crippen molar-refractivity contribution in [3.63, 3.8) is 0 Å². The van der Waals surface area contributed by atoms with Crippen LogP contribution < -0.4 is 5.32 Å². The highest BCUT2D eigenvalue weighted by Gasteiger charge is 2.25. The van der Waals surface area contributed by atoms with Crippen LogP contribution in [0, 0.1) is 18.8 Å². The molecule has 5 nitrogen and oxygen atoms in total. The molecule has 5 heteroatoms. The van der Waals surface area contributed by atoms with E-state index in [0.29, 0.717) is 12.0 Å². The second-order valence-corrected chi connectivity index (χ2v) is 6.40. The first-order valence-corrected chi connectivity index (χ1v) is 7.74. The second-order valence-electron chi connectivity index (χ2n) is 6.40. The summed E-state index contributed by atoms with van der Waals surface area (Å²) in [4.78, 5) is 0. The maximum atomic E-state index is 3.96. The topological polar surface area (TPSA) is 55.6 Å². The smallest absolute Gasteiger partial charge is 0.143 e. The molecule has 1 fully saturated rings. The average molecular weight is 285 g/mol. The van der Waals surface area contributed by atoms with Gasteiger partial charge in [-0.2, -0.15) is 0 Å². The van der Waals surface area contributed by atoms with E-state index in [-0.39, 0.29) is 0 Å². The quantitative estimate of drug-likeness (QED) is 0.941. The van der Waals surface area contributed by atoms with E-state index in [1.165, 1.54) is 30.5 Å². The Balaban J connectivity index is 1.80. The summed E-state index contributed by atoms with van der Waals surface area (Å²) in [6.45, 7) is 6.85. The fraction of sp³-hybridized carbons (Fsp3) is 0.562. The summed E-state index contributed by atoms with van der Waals surface area (Å²) in [6.07, 6.45) is 5.49. The van der Waals surface area contributed by atoms with Crippen LogP contribution >= 0.6 is 0 Å². The molecule has 112 valence electrons. The van der Waals surface area contributed by atoms with Crippen molar-refractivity contribution >= 4 is 5.69 Å². The van der Waals surface area contributed by atoms with Gasteiger partial charge in [0.2, 0.25) is 0 Å². The fourth-order valence-corrected chi connectivity index (χ4v) is 3.27. The summed E-state index contributed by atoms with van der Waals surface area (Å²) in [5.41, 5.74) is 3.44. The average Bonchev–Trinajstić information content (AvgIpc) is 2.98. The molecule has 0 aliphatic heterocycles. The van der Waals surface area contributed by atoms with Gasteiger partial charge in [-0.1, -0.05) is 19.9 Å². The molecule has 0 saturated heterocycles. The zero-order valence-corrected chi connectivity index (χ0v) is 13.0. The highest BCUT2D eigenvalue weighted by Crippen LogP contribution is 2.31. The predicted molar refractivity (Wildman–Crippen MR) is 83.5 cm³/mol. The van der Waals surface area contributed by atoms with Crippen molar-refractivity contribution in [3.05, 3.63) is 30.1 Å². The van der Waals surface area contributed by atoms with Crippen LogP contribution in [0.5, 0.6) is 0 Å². The molecule has 1 N–H and O–H groups in total. The number of anilines is 1. The van der Waals surface area contributed by atoms with Crippen LogP contribution in [0.25, 0.3) is 5.69 Å². The number of nitrogens with one attached hydrogen (secondary N) is 1. The zero-order valence-electron chi connectivity index (χ0n) is 13.0. The van der Waals surface area contributed by atoms with Gasteiger partial charge in [-0.3, -0.25) is 0 Å². The monoisotopic (exact) mass is 285 g/mol. The molecule has 1 saturated carbocycles. The third kappa shape index (κ3) is 3.06. The van der Waals surface area contributed by atoms with Crippen LogP contribution in [0.2, 0.25) is 0 Å². The van der Waals surface area contributed by atoms with Crippen molar-refractivity contribution < 1.29 is 0 Å². The summed E-state index contributed by atoms with van der Waals surface area (Å²) in [5.74, 6) is 1.57. The number of benzene rings is 1. The van der Waals surface area contributed by atoms with E-state index < -0.39 is 0 Å². The van der Waals surface area contributed by atoms with Gasteiger partial charge in [-0.25, -0.2) is 4.68 Å². The van der Waals surface area contributed by atoms with Gasteiger partial charge in [0, 0.05) is 11.7 Å². The Kier molecular flexibility index (Phi) is 3.90. The fourth-order valence-electron chi connectivity index (χ4n) is 3.27. The van der Waals surface area contributed by atoms with Gasteiger partial charge in [-0.15, -0.1) is 5.10 Å². The number of rotatable bonds is 3. The Labute approximate surface area is 125 Å². The minimum atomic E-state index is 0.559. The van der Waals surface area contributed by atoms with Gasteiger partial charge < -0.3 is 5.32 Å². The van der Waals surface area contributed by atoms with Crippen LogP contribution in [0.4, 0.5) is 5.69 Å². The summed E-state index contributed by atoms with van der Waals surface area (Å²) in [6, 6.07) is 6.86. The first-order chi connectivity index (χ1) is 10.1. The molecule has 2 aromatic rings. The van der Waals surface area contributed by atoms with Crippen LogP contribution in [0.1, 0.15) is 38.7 Å². The van der Waals surface area contributed by atoms with Crippen molar-refractivity contribution in [1.82, 2.24) is 20.2 Å². The maximum Gasteiger partial charge on any atom is 0.143 e. The molecule has 0 radical (unpaired) electrons. The van der Waals surface area contributed by atoms with E-state index in [4.69, 9.17) is 0 Å². The maximum absolute atomic E-state index is 3.96. The molecule has 1 aliphatic rings. The summed E-state index contributed by atoms with van der Waals surface area (Å²) in [5, 5.41) is 15.1. The molecule has 1 aliphatic carbocycles. The van der Waals surface area contributed by atoms with Gasteiger partial charge in [-0.05, 0) is 66.1 Å². The van der Waals surface area contributed by atoms with Crippen molar-refractivity contribution in [2.24, 2.45) is 11.8 Å². The van der Waals surface area contributed by atoms with Crippen LogP contribution in [0.3, 0.4) is 0 Å². The standard InChI is InChI=1S/C16H23N5/c1-11-4-7-15(13(3)8-11)18-16-9-14(6-5-12(16)2)21-10-17-19-20-21/h5-6,9-11,13,15,18H,4,7-8H2,1-3H3. The molecule has 0 amide bonds. The number of aryl methyl sites for hydroxylation is 1. The second kappa shape index (κ2) is 5.84. The van der Waals surface area contributed by atoms with Gasteiger partial charge in [0.15, 0.2) is 0 Å². The summed E-state index contributed by atoms with van der Waals surface area (Å²) >= 11 is 0. The number of hydrogen-bond acceptors (Lipinski definition) is 4. The van der Waals surface area contributed by atoms with E-state index in [0.717, 1.165) is 11.6 Å². The largest absolute Gasteiger partial charge is 0.382 e. The van der Waals surface area contributed by atoms with Gasteiger partial charge >= 0.3 is 0 Å². The first-order valence-electron chi connectivity index (χ1n) is 7.74. The third-order valence-corrected chi connectivity index (χ3v) is 4.61. The highest BCUT2D eigenvalue weighted by atomic mass is 15.5. The van der Waals surface area contributed by atoms with Gasteiger partial charge in [0.25, 0.3) is 0 Å². The van der Waals surface area contributed by atoms with E-state index in [2.05, 4.69) is 53.7 Å². The van der Waals surface area contributed by atoms with Crippen LogP contribution in [-0.4, -0.2) is 26.2 Å². The van der Waals surface area contributed by atoms with Crippen LogP contribution in [-0.2, 0) is 0 Å². The van der Waals surface area contributed by atoms with E-state index in [1.54, 1.807) is 11.0 Å². The lowest BCUT2D eigenvalue weighted by atomic mass is 9.80. The SMILES string of the molecule is Cc1ccc(-n2cnnn2)cc1NC1CCC(C)CC1C. The number of hydrogen-bond donors (Lipinski definition) is 1. The molecule has 1 aromatic carbocycles. The number of nitrogens with zero attached hydrogens (tertiary/aromatic N) is 4. The molecular weight excluding hydrogens is 262 g/mol. The molecule has 3 unspecified atom stereocenters. The molecule has 21 heavy (non-hydrogen) atoms.